The summed E-state index contributed by atoms with van der Waals surface area (Å²) in [6, 6.07) is 0. The van der Waals surface area contributed by atoms with Crippen LogP contribution in [0, 0.1) is 16.2 Å². The summed E-state index contributed by atoms with van der Waals surface area (Å²) in [7, 11) is 0. The zero-order chi connectivity index (χ0) is 12.8. The Morgan fingerprint density at radius 1 is 1.12 bits per heavy atom. The van der Waals surface area contributed by atoms with Crippen molar-refractivity contribution in [2.24, 2.45) is 16.2 Å². The maximum Gasteiger partial charge on any atom is 0.0819 e. The second kappa shape index (κ2) is 3.73. The smallest absolute Gasteiger partial charge is 0.0819 e. The van der Waals surface area contributed by atoms with Crippen molar-refractivity contribution < 1.29 is 5.11 Å². The second-order valence-corrected chi connectivity index (χ2v) is 7.18. The quantitative estimate of drug-likeness (QED) is 0.658. The standard InChI is InChI=1S/C15H26O/c1-13(2,3)11-8-9-15(7,12(16)10-11)14(4,5)6/h8-10,12,16H,1-7H3. The van der Waals surface area contributed by atoms with E-state index in [1.54, 1.807) is 0 Å². The molecule has 92 valence electrons. The van der Waals surface area contributed by atoms with Crippen LogP contribution in [0.15, 0.2) is 23.8 Å². The van der Waals surface area contributed by atoms with E-state index in [0.29, 0.717) is 0 Å². The first-order valence-corrected chi connectivity index (χ1v) is 6.08. The topological polar surface area (TPSA) is 20.2 Å². The van der Waals surface area contributed by atoms with Gasteiger partial charge < -0.3 is 5.11 Å². The summed E-state index contributed by atoms with van der Waals surface area (Å²) in [5.74, 6) is 0. The molecule has 0 bridgehead atoms. The third-order valence-corrected chi connectivity index (χ3v) is 4.04. The number of hydrogen-bond acceptors (Lipinski definition) is 1. The summed E-state index contributed by atoms with van der Waals surface area (Å²) in [4.78, 5) is 0. The number of rotatable bonds is 0. The van der Waals surface area contributed by atoms with Gasteiger partial charge in [0, 0.05) is 5.41 Å². The van der Waals surface area contributed by atoms with Crippen LogP contribution in [-0.2, 0) is 0 Å². The molecule has 1 N–H and O–H groups in total. The predicted octanol–water partition coefficient (Wildman–Crippen LogP) is 3.94. The highest BCUT2D eigenvalue weighted by atomic mass is 16.3. The summed E-state index contributed by atoms with van der Waals surface area (Å²) < 4.78 is 0. The third-order valence-electron chi connectivity index (χ3n) is 4.04. The second-order valence-electron chi connectivity index (χ2n) is 7.18. The van der Waals surface area contributed by atoms with Gasteiger partial charge in [0.25, 0.3) is 0 Å². The third kappa shape index (κ3) is 2.24. The molecule has 1 aliphatic rings. The van der Waals surface area contributed by atoms with E-state index in [-0.39, 0.29) is 16.2 Å². The Bertz CT molecular complexity index is 322. The summed E-state index contributed by atoms with van der Waals surface area (Å²) in [5.41, 5.74) is 1.21. The highest BCUT2D eigenvalue weighted by Crippen LogP contribution is 2.46. The Balaban J connectivity index is 3.07. The van der Waals surface area contributed by atoms with Crippen LogP contribution in [0.5, 0.6) is 0 Å². The minimum Gasteiger partial charge on any atom is -0.388 e. The van der Waals surface area contributed by atoms with E-state index in [1.807, 2.05) is 6.08 Å². The molecule has 0 radical (unpaired) electrons. The van der Waals surface area contributed by atoms with Crippen LogP contribution in [0.3, 0.4) is 0 Å². The molecule has 2 unspecified atom stereocenters. The van der Waals surface area contributed by atoms with Crippen molar-refractivity contribution in [1.29, 1.82) is 0 Å². The van der Waals surface area contributed by atoms with E-state index >= 15 is 0 Å². The van der Waals surface area contributed by atoms with Crippen molar-refractivity contribution in [2.75, 3.05) is 0 Å². The Hall–Kier alpha value is -0.560. The van der Waals surface area contributed by atoms with Gasteiger partial charge in [-0.2, -0.15) is 0 Å². The molecule has 16 heavy (non-hydrogen) atoms. The molecule has 1 nitrogen and oxygen atoms in total. The molecule has 1 aliphatic carbocycles. The summed E-state index contributed by atoms with van der Waals surface area (Å²) >= 11 is 0. The molecule has 0 amide bonds. The number of allylic oxidation sites excluding steroid dienone is 2. The fraction of sp³-hybridized carbons (Fsp3) is 0.733. The lowest BCUT2D eigenvalue weighted by Gasteiger charge is -2.45. The van der Waals surface area contributed by atoms with Gasteiger partial charge in [-0.3, -0.25) is 0 Å². The monoisotopic (exact) mass is 222 g/mol. The van der Waals surface area contributed by atoms with Gasteiger partial charge in [0.05, 0.1) is 6.10 Å². The summed E-state index contributed by atoms with van der Waals surface area (Å²) in [6.07, 6.45) is 5.98. The Kier molecular flexibility index (Phi) is 3.15. The van der Waals surface area contributed by atoms with Crippen molar-refractivity contribution in [3.63, 3.8) is 0 Å². The lowest BCUT2D eigenvalue weighted by atomic mass is 9.61. The Labute approximate surface area is 100 Å². The molecule has 0 saturated heterocycles. The minimum absolute atomic E-state index is 0.0584. The molecule has 0 aromatic rings. The molecule has 0 aromatic carbocycles. The molecule has 1 rings (SSSR count). The summed E-state index contributed by atoms with van der Waals surface area (Å²) in [6.45, 7) is 15.2. The first-order valence-electron chi connectivity index (χ1n) is 6.08. The van der Waals surface area contributed by atoms with Crippen molar-refractivity contribution in [1.82, 2.24) is 0 Å². The van der Waals surface area contributed by atoms with Crippen molar-refractivity contribution in [2.45, 2.75) is 54.6 Å². The fourth-order valence-electron chi connectivity index (χ4n) is 1.95. The van der Waals surface area contributed by atoms with E-state index in [0.717, 1.165) is 0 Å². The minimum atomic E-state index is -0.397. The highest BCUT2D eigenvalue weighted by Gasteiger charge is 2.42. The maximum atomic E-state index is 10.4. The van der Waals surface area contributed by atoms with Gasteiger partial charge >= 0.3 is 0 Å². The van der Waals surface area contributed by atoms with Gasteiger partial charge in [0.15, 0.2) is 0 Å². The van der Waals surface area contributed by atoms with Crippen LogP contribution in [0.25, 0.3) is 0 Å². The zero-order valence-corrected chi connectivity index (χ0v) is 11.8. The number of aliphatic hydroxyl groups is 1. The molecule has 0 aromatic heterocycles. The molecule has 0 saturated carbocycles. The average Bonchev–Trinajstić information content (AvgIpc) is 2.05. The van der Waals surface area contributed by atoms with E-state index in [1.165, 1.54) is 5.57 Å². The van der Waals surface area contributed by atoms with Gasteiger partial charge in [0.1, 0.15) is 0 Å². The Morgan fingerprint density at radius 2 is 1.62 bits per heavy atom. The largest absolute Gasteiger partial charge is 0.388 e. The number of aliphatic hydroxyl groups excluding tert-OH is 1. The van der Waals surface area contributed by atoms with Crippen molar-refractivity contribution in [3.8, 4) is 0 Å². The average molecular weight is 222 g/mol. The number of hydrogen-bond donors (Lipinski definition) is 1. The first-order chi connectivity index (χ1) is 6.98. The van der Waals surface area contributed by atoms with Gasteiger partial charge in [-0.15, -0.1) is 0 Å². The van der Waals surface area contributed by atoms with Gasteiger partial charge in [0.2, 0.25) is 0 Å². The highest BCUT2D eigenvalue weighted by molar-refractivity contribution is 5.34. The van der Waals surface area contributed by atoms with Crippen LogP contribution >= 0.6 is 0 Å². The SMILES string of the molecule is CC(C)(C)C1=CC(O)C(C)(C(C)(C)C)C=C1. The van der Waals surface area contributed by atoms with Crippen molar-refractivity contribution >= 4 is 0 Å². The van der Waals surface area contributed by atoms with Crippen LogP contribution in [0.4, 0.5) is 0 Å². The van der Waals surface area contributed by atoms with E-state index < -0.39 is 6.10 Å². The zero-order valence-electron chi connectivity index (χ0n) is 11.8. The maximum absolute atomic E-state index is 10.4. The Morgan fingerprint density at radius 3 is 1.94 bits per heavy atom. The van der Waals surface area contributed by atoms with E-state index in [9.17, 15) is 5.11 Å². The molecular formula is C15H26O. The van der Waals surface area contributed by atoms with Gasteiger partial charge in [-0.05, 0) is 16.4 Å². The van der Waals surface area contributed by atoms with Crippen LogP contribution in [0.2, 0.25) is 0 Å². The van der Waals surface area contributed by atoms with E-state index in [2.05, 4.69) is 60.6 Å². The first kappa shape index (κ1) is 13.5. The lowest BCUT2D eigenvalue weighted by molar-refractivity contribution is 0.0236. The van der Waals surface area contributed by atoms with Gasteiger partial charge in [-0.1, -0.05) is 66.7 Å². The molecule has 2 atom stereocenters. The normalized spacial score (nSPS) is 31.5. The van der Waals surface area contributed by atoms with Crippen LogP contribution < -0.4 is 0 Å². The molecule has 1 heteroatoms. The van der Waals surface area contributed by atoms with Gasteiger partial charge in [-0.25, -0.2) is 0 Å². The molecule has 0 heterocycles. The molecule has 0 fully saturated rings. The fourth-order valence-corrected chi connectivity index (χ4v) is 1.95. The van der Waals surface area contributed by atoms with Crippen LogP contribution in [0.1, 0.15) is 48.5 Å². The van der Waals surface area contributed by atoms with E-state index in [4.69, 9.17) is 0 Å². The predicted molar refractivity (Wildman–Crippen MR) is 70.2 cm³/mol. The van der Waals surface area contributed by atoms with Crippen molar-refractivity contribution in [3.05, 3.63) is 23.8 Å². The molecule has 0 spiro atoms. The molecule has 0 aliphatic heterocycles. The molecular weight excluding hydrogens is 196 g/mol. The van der Waals surface area contributed by atoms with Crippen LogP contribution in [-0.4, -0.2) is 11.2 Å². The lowest BCUT2D eigenvalue weighted by Crippen LogP contribution is -2.42. The summed E-state index contributed by atoms with van der Waals surface area (Å²) in [5, 5.41) is 10.4.